The SMILES string of the molecule is Cc1cc([S+](C)Cc2ccccc2)cc(C(C)(C)C)c1O.[Cl-]. The van der Waals surface area contributed by atoms with Crippen molar-refractivity contribution in [2.75, 3.05) is 6.26 Å². The molecule has 0 bridgehead atoms. The van der Waals surface area contributed by atoms with Crippen molar-refractivity contribution in [2.45, 2.75) is 43.8 Å². The summed E-state index contributed by atoms with van der Waals surface area (Å²) in [5, 5.41) is 10.3. The first-order chi connectivity index (χ1) is 9.79. The van der Waals surface area contributed by atoms with E-state index < -0.39 is 0 Å². The number of benzene rings is 2. The van der Waals surface area contributed by atoms with E-state index in [0.29, 0.717) is 5.75 Å². The van der Waals surface area contributed by atoms with E-state index in [2.05, 4.69) is 69.5 Å². The van der Waals surface area contributed by atoms with Gasteiger partial charge in [0.1, 0.15) is 17.8 Å². The fraction of sp³-hybridized carbons (Fsp3) is 0.368. The number of phenolic OH excluding ortho intramolecular Hbond substituents is 1. The van der Waals surface area contributed by atoms with E-state index in [1.165, 1.54) is 10.5 Å². The highest BCUT2D eigenvalue weighted by Crippen LogP contribution is 2.35. The molecule has 2 aromatic carbocycles. The van der Waals surface area contributed by atoms with Crippen molar-refractivity contribution in [1.82, 2.24) is 0 Å². The van der Waals surface area contributed by atoms with E-state index in [9.17, 15) is 5.11 Å². The molecule has 1 unspecified atom stereocenters. The van der Waals surface area contributed by atoms with Gasteiger partial charge >= 0.3 is 0 Å². The average Bonchev–Trinajstić information content (AvgIpc) is 2.41. The third kappa shape index (κ3) is 4.44. The van der Waals surface area contributed by atoms with E-state index in [1.54, 1.807) is 0 Å². The molecule has 22 heavy (non-hydrogen) atoms. The lowest BCUT2D eigenvalue weighted by atomic mass is 9.85. The zero-order chi connectivity index (χ0) is 15.6. The van der Waals surface area contributed by atoms with Crippen LogP contribution in [-0.2, 0) is 22.1 Å². The molecule has 0 aliphatic rings. The highest BCUT2D eigenvalue weighted by atomic mass is 35.5. The average molecular weight is 337 g/mol. The Kier molecular flexibility index (Phi) is 6.39. The van der Waals surface area contributed by atoms with Crippen molar-refractivity contribution >= 4 is 10.9 Å². The first kappa shape index (κ1) is 18.9. The molecular formula is C19H25ClOS. The molecule has 0 radical (unpaired) electrons. The lowest BCUT2D eigenvalue weighted by Crippen LogP contribution is -3.00. The summed E-state index contributed by atoms with van der Waals surface area (Å²) in [5.41, 5.74) is 3.35. The molecule has 1 atom stereocenters. The van der Waals surface area contributed by atoms with Crippen molar-refractivity contribution in [3.05, 3.63) is 59.2 Å². The molecule has 0 fully saturated rings. The number of rotatable bonds is 3. The summed E-state index contributed by atoms with van der Waals surface area (Å²) in [6.45, 7) is 8.44. The molecule has 0 aliphatic heterocycles. The van der Waals surface area contributed by atoms with Gasteiger partial charge < -0.3 is 17.5 Å². The van der Waals surface area contributed by atoms with Gasteiger partial charge in [-0.1, -0.05) is 51.1 Å². The van der Waals surface area contributed by atoms with E-state index in [0.717, 1.165) is 16.9 Å². The lowest BCUT2D eigenvalue weighted by Gasteiger charge is -2.22. The minimum atomic E-state index is -0.0399. The Bertz CT molecular complexity index is 617. The topological polar surface area (TPSA) is 20.2 Å². The Labute approximate surface area is 143 Å². The van der Waals surface area contributed by atoms with Crippen LogP contribution in [0.25, 0.3) is 0 Å². The fourth-order valence-corrected chi connectivity index (χ4v) is 3.98. The summed E-state index contributed by atoms with van der Waals surface area (Å²) in [7, 11) is 0.141. The first-order valence-electron chi connectivity index (χ1n) is 7.29. The van der Waals surface area contributed by atoms with Gasteiger partial charge in [-0.2, -0.15) is 0 Å². The zero-order valence-electron chi connectivity index (χ0n) is 14.0. The maximum absolute atomic E-state index is 10.3. The largest absolute Gasteiger partial charge is 1.00 e. The summed E-state index contributed by atoms with van der Waals surface area (Å²) in [4.78, 5) is 1.33. The Morgan fingerprint density at radius 2 is 1.64 bits per heavy atom. The molecule has 0 amide bonds. The van der Waals surface area contributed by atoms with Crippen molar-refractivity contribution in [2.24, 2.45) is 0 Å². The van der Waals surface area contributed by atoms with Crippen molar-refractivity contribution in [3.8, 4) is 5.75 Å². The van der Waals surface area contributed by atoms with Crippen LogP contribution >= 0.6 is 0 Å². The predicted octanol–water partition coefficient (Wildman–Crippen LogP) is 1.81. The summed E-state index contributed by atoms with van der Waals surface area (Å²) < 4.78 is 0. The Hall–Kier alpha value is -1.12. The first-order valence-corrected chi connectivity index (χ1v) is 9.10. The molecule has 0 heterocycles. The second-order valence-electron chi connectivity index (χ2n) is 6.65. The molecule has 0 aromatic heterocycles. The minimum Gasteiger partial charge on any atom is -1.00 e. The van der Waals surface area contributed by atoms with Crippen LogP contribution in [0.3, 0.4) is 0 Å². The van der Waals surface area contributed by atoms with Crippen LogP contribution < -0.4 is 12.4 Å². The molecule has 0 aliphatic carbocycles. The molecule has 2 aromatic rings. The molecule has 1 nitrogen and oxygen atoms in total. The summed E-state index contributed by atoms with van der Waals surface area (Å²) in [5.74, 6) is 1.50. The van der Waals surface area contributed by atoms with Gasteiger partial charge in [0, 0.05) is 28.1 Å². The van der Waals surface area contributed by atoms with Gasteiger partial charge in [0.25, 0.3) is 0 Å². The monoisotopic (exact) mass is 336 g/mol. The molecule has 0 saturated carbocycles. The maximum Gasteiger partial charge on any atom is 0.155 e. The van der Waals surface area contributed by atoms with Gasteiger partial charge in [-0.25, -0.2) is 0 Å². The van der Waals surface area contributed by atoms with E-state index in [4.69, 9.17) is 0 Å². The highest BCUT2D eigenvalue weighted by Gasteiger charge is 2.25. The molecule has 3 heteroatoms. The normalized spacial score (nSPS) is 12.6. The van der Waals surface area contributed by atoms with Crippen molar-refractivity contribution in [3.63, 3.8) is 0 Å². The summed E-state index contributed by atoms with van der Waals surface area (Å²) in [6, 6.07) is 14.9. The highest BCUT2D eigenvalue weighted by molar-refractivity contribution is 7.95. The van der Waals surface area contributed by atoms with E-state index in [1.807, 2.05) is 6.92 Å². The molecule has 0 spiro atoms. The molecule has 120 valence electrons. The minimum absolute atomic E-state index is 0. The van der Waals surface area contributed by atoms with Gasteiger partial charge in [0.15, 0.2) is 4.90 Å². The summed E-state index contributed by atoms with van der Waals surface area (Å²) >= 11 is 0. The third-order valence-electron chi connectivity index (χ3n) is 3.71. The van der Waals surface area contributed by atoms with Gasteiger partial charge in [-0.15, -0.1) is 0 Å². The van der Waals surface area contributed by atoms with Crippen LogP contribution in [0.4, 0.5) is 0 Å². The second-order valence-corrected chi connectivity index (χ2v) is 8.69. The van der Waals surface area contributed by atoms with E-state index >= 15 is 0 Å². The standard InChI is InChI=1S/C19H24OS.ClH/c1-14-11-16(12-17(18(14)20)19(2,3)4)21(5)13-15-9-7-6-8-10-15;/h6-12H,13H2,1-5H3;1H. The number of aryl methyl sites for hydroxylation is 1. The Morgan fingerprint density at radius 3 is 2.18 bits per heavy atom. The van der Waals surface area contributed by atoms with Gasteiger partial charge in [-0.3, -0.25) is 0 Å². The van der Waals surface area contributed by atoms with Crippen LogP contribution in [0, 0.1) is 6.92 Å². The smallest absolute Gasteiger partial charge is 0.155 e. The van der Waals surface area contributed by atoms with Gasteiger partial charge in [-0.05, 0) is 24.0 Å². The quantitative estimate of drug-likeness (QED) is 0.848. The Balaban J connectivity index is 0.00000242. The number of phenols is 1. The van der Waals surface area contributed by atoms with Crippen LogP contribution in [0.5, 0.6) is 5.75 Å². The molecule has 2 rings (SSSR count). The van der Waals surface area contributed by atoms with Gasteiger partial charge in [0.2, 0.25) is 0 Å². The van der Waals surface area contributed by atoms with Crippen molar-refractivity contribution in [1.29, 1.82) is 0 Å². The number of hydrogen-bond donors (Lipinski definition) is 1. The Morgan fingerprint density at radius 1 is 1.05 bits per heavy atom. The number of aromatic hydroxyl groups is 1. The number of hydrogen-bond acceptors (Lipinski definition) is 1. The van der Waals surface area contributed by atoms with Crippen LogP contribution in [-0.4, -0.2) is 11.4 Å². The predicted molar refractivity (Wildman–Crippen MR) is 93.2 cm³/mol. The van der Waals surface area contributed by atoms with Gasteiger partial charge in [0.05, 0.1) is 0 Å². The van der Waals surface area contributed by atoms with E-state index in [-0.39, 0.29) is 28.7 Å². The second kappa shape index (κ2) is 7.43. The molecule has 1 N–H and O–H groups in total. The van der Waals surface area contributed by atoms with Crippen molar-refractivity contribution < 1.29 is 17.5 Å². The lowest BCUT2D eigenvalue weighted by molar-refractivity contribution is -0.00000598. The molecule has 0 saturated heterocycles. The third-order valence-corrected chi connectivity index (χ3v) is 5.52. The van der Waals surface area contributed by atoms with Crippen LogP contribution in [0.15, 0.2) is 47.4 Å². The number of halogens is 1. The van der Waals surface area contributed by atoms with Crippen LogP contribution in [0.2, 0.25) is 0 Å². The zero-order valence-corrected chi connectivity index (χ0v) is 15.6. The fourth-order valence-electron chi connectivity index (χ4n) is 2.43. The maximum atomic E-state index is 10.3. The van der Waals surface area contributed by atoms with Crippen LogP contribution in [0.1, 0.15) is 37.5 Å². The molecular weight excluding hydrogens is 312 g/mol. The summed E-state index contributed by atoms with van der Waals surface area (Å²) in [6.07, 6.45) is 2.28.